The van der Waals surface area contributed by atoms with Gasteiger partial charge in [0.25, 0.3) is 5.91 Å². The third-order valence-electron chi connectivity index (χ3n) is 3.46. The van der Waals surface area contributed by atoms with Crippen molar-refractivity contribution in [3.8, 4) is 5.75 Å². The second kappa shape index (κ2) is 10.5. The van der Waals surface area contributed by atoms with Crippen molar-refractivity contribution >= 4 is 52.4 Å². The zero-order valence-electron chi connectivity index (χ0n) is 15.0. The summed E-state index contributed by atoms with van der Waals surface area (Å²) in [6.45, 7) is -0.496. The summed E-state index contributed by atoms with van der Waals surface area (Å²) in [7, 11) is 1.45. The zero-order chi connectivity index (χ0) is 20.5. The molecule has 2 rings (SSSR count). The molecule has 0 unspecified atom stereocenters. The summed E-state index contributed by atoms with van der Waals surface area (Å²) < 4.78 is 9.99. The minimum absolute atomic E-state index is 0.0882. The maximum absolute atomic E-state index is 11.9. The van der Waals surface area contributed by atoms with Crippen molar-refractivity contribution in [1.29, 1.82) is 0 Å². The van der Waals surface area contributed by atoms with Gasteiger partial charge in [-0.3, -0.25) is 14.4 Å². The fraction of sp³-hybridized carbons (Fsp3) is 0.211. The fourth-order valence-corrected chi connectivity index (χ4v) is 2.55. The third-order valence-corrected chi connectivity index (χ3v) is 3.93. The Hall–Kier alpha value is -2.77. The van der Waals surface area contributed by atoms with Gasteiger partial charge in [0, 0.05) is 22.2 Å². The van der Waals surface area contributed by atoms with Crippen LogP contribution in [0.5, 0.6) is 5.75 Å². The van der Waals surface area contributed by atoms with Crippen LogP contribution in [0.2, 0.25) is 10.0 Å². The molecule has 0 saturated heterocycles. The minimum Gasteiger partial charge on any atom is -0.495 e. The number of carbonyl (C=O) groups is 3. The Labute approximate surface area is 171 Å². The Kier molecular flexibility index (Phi) is 8.10. The van der Waals surface area contributed by atoms with E-state index in [0.29, 0.717) is 27.2 Å². The van der Waals surface area contributed by atoms with Crippen molar-refractivity contribution in [1.82, 2.24) is 0 Å². The Balaban J connectivity index is 1.74. The van der Waals surface area contributed by atoms with Gasteiger partial charge in [-0.1, -0.05) is 29.3 Å². The molecule has 0 aliphatic rings. The quantitative estimate of drug-likeness (QED) is 0.626. The summed E-state index contributed by atoms with van der Waals surface area (Å²) in [6.07, 6.45) is -0.255. The SMILES string of the molecule is COc1ccc(Cl)cc1NC(=O)COC(=O)CCC(=O)Nc1cccc(Cl)c1. The number of benzene rings is 2. The molecule has 0 spiro atoms. The first kappa shape index (κ1) is 21.5. The normalized spacial score (nSPS) is 10.1. The molecule has 2 N–H and O–H groups in total. The number of halogens is 2. The van der Waals surface area contributed by atoms with E-state index in [-0.39, 0.29) is 18.7 Å². The van der Waals surface area contributed by atoms with Crippen LogP contribution in [0.15, 0.2) is 42.5 Å². The largest absolute Gasteiger partial charge is 0.495 e. The predicted molar refractivity (Wildman–Crippen MR) is 107 cm³/mol. The van der Waals surface area contributed by atoms with E-state index in [2.05, 4.69) is 10.6 Å². The number of esters is 1. The Morgan fingerprint density at radius 3 is 2.39 bits per heavy atom. The topological polar surface area (TPSA) is 93.7 Å². The molecule has 2 aromatic carbocycles. The van der Waals surface area contributed by atoms with Crippen LogP contribution in [0, 0.1) is 0 Å². The van der Waals surface area contributed by atoms with Gasteiger partial charge in [0.15, 0.2) is 6.61 Å². The second-order valence-electron chi connectivity index (χ2n) is 5.61. The highest BCUT2D eigenvalue weighted by molar-refractivity contribution is 6.31. The molecule has 0 aliphatic carbocycles. The molecule has 0 heterocycles. The average Bonchev–Trinajstić information content (AvgIpc) is 2.65. The Morgan fingerprint density at radius 1 is 0.929 bits per heavy atom. The van der Waals surface area contributed by atoms with Crippen molar-refractivity contribution in [3.63, 3.8) is 0 Å². The van der Waals surface area contributed by atoms with Gasteiger partial charge in [-0.15, -0.1) is 0 Å². The highest BCUT2D eigenvalue weighted by Crippen LogP contribution is 2.27. The van der Waals surface area contributed by atoms with Gasteiger partial charge in [-0.05, 0) is 36.4 Å². The lowest BCUT2D eigenvalue weighted by Crippen LogP contribution is -2.22. The number of nitrogens with one attached hydrogen (secondary N) is 2. The van der Waals surface area contributed by atoms with Crippen LogP contribution < -0.4 is 15.4 Å². The van der Waals surface area contributed by atoms with E-state index in [1.54, 1.807) is 36.4 Å². The number of amides is 2. The average molecular weight is 425 g/mol. The molecular formula is C19H18Cl2N2O5. The van der Waals surface area contributed by atoms with Crippen molar-refractivity contribution in [2.75, 3.05) is 24.4 Å². The number of methoxy groups -OCH3 is 1. The van der Waals surface area contributed by atoms with Crippen molar-refractivity contribution in [2.24, 2.45) is 0 Å². The summed E-state index contributed by atoms with van der Waals surface area (Å²) in [5, 5.41) is 6.06. The van der Waals surface area contributed by atoms with E-state index < -0.39 is 18.5 Å². The van der Waals surface area contributed by atoms with Gasteiger partial charge >= 0.3 is 5.97 Å². The number of ether oxygens (including phenoxy) is 2. The lowest BCUT2D eigenvalue weighted by atomic mass is 10.2. The van der Waals surface area contributed by atoms with E-state index in [9.17, 15) is 14.4 Å². The molecule has 2 aromatic rings. The molecule has 0 atom stereocenters. The zero-order valence-corrected chi connectivity index (χ0v) is 16.5. The number of rotatable bonds is 8. The monoisotopic (exact) mass is 424 g/mol. The minimum atomic E-state index is -0.672. The highest BCUT2D eigenvalue weighted by atomic mass is 35.5. The number of hydrogen-bond donors (Lipinski definition) is 2. The van der Waals surface area contributed by atoms with E-state index >= 15 is 0 Å². The summed E-state index contributed by atoms with van der Waals surface area (Å²) in [5.74, 6) is -1.18. The predicted octanol–water partition coefficient (Wildman–Crippen LogP) is 3.90. The van der Waals surface area contributed by atoms with Gasteiger partial charge in [0.05, 0.1) is 19.2 Å². The van der Waals surface area contributed by atoms with Gasteiger partial charge in [-0.2, -0.15) is 0 Å². The summed E-state index contributed by atoms with van der Waals surface area (Å²) in [6, 6.07) is 11.4. The smallest absolute Gasteiger partial charge is 0.306 e. The van der Waals surface area contributed by atoms with Crippen LogP contribution in [0.4, 0.5) is 11.4 Å². The second-order valence-corrected chi connectivity index (χ2v) is 6.48. The van der Waals surface area contributed by atoms with Crippen molar-refractivity contribution in [3.05, 3.63) is 52.5 Å². The first-order valence-electron chi connectivity index (χ1n) is 8.22. The molecule has 148 valence electrons. The lowest BCUT2D eigenvalue weighted by Gasteiger charge is -2.11. The summed E-state index contributed by atoms with van der Waals surface area (Å²) >= 11 is 11.7. The molecule has 0 bridgehead atoms. The van der Waals surface area contributed by atoms with E-state index in [0.717, 1.165) is 0 Å². The van der Waals surface area contributed by atoms with E-state index in [1.165, 1.54) is 13.2 Å². The first-order valence-corrected chi connectivity index (χ1v) is 8.97. The molecule has 0 aliphatic heterocycles. The number of carbonyl (C=O) groups excluding carboxylic acids is 3. The van der Waals surface area contributed by atoms with Crippen molar-refractivity contribution in [2.45, 2.75) is 12.8 Å². The molecule has 0 saturated carbocycles. The van der Waals surface area contributed by atoms with Gasteiger partial charge in [0.2, 0.25) is 5.91 Å². The van der Waals surface area contributed by atoms with Gasteiger partial charge < -0.3 is 20.1 Å². The van der Waals surface area contributed by atoms with Crippen LogP contribution in [0.25, 0.3) is 0 Å². The summed E-state index contributed by atoms with van der Waals surface area (Å²) in [4.78, 5) is 35.5. The van der Waals surface area contributed by atoms with Gasteiger partial charge in [-0.25, -0.2) is 0 Å². The molecule has 28 heavy (non-hydrogen) atoms. The number of hydrogen-bond acceptors (Lipinski definition) is 5. The fourth-order valence-electron chi connectivity index (χ4n) is 2.19. The standard InChI is InChI=1S/C19H18Cl2N2O5/c1-27-16-6-5-13(21)10-15(16)23-18(25)11-28-19(26)8-7-17(24)22-14-4-2-3-12(20)9-14/h2-6,9-10H,7-8,11H2,1H3,(H,22,24)(H,23,25). The molecule has 0 radical (unpaired) electrons. The highest BCUT2D eigenvalue weighted by Gasteiger charge is 2.13. The Morgan fingerprint density at radius 2 is 1.68 bits per heavy atom. The molecule has 7 nitrogen and oxygen atoms in total. The van der Waals surface area contributed by atoms with Crippen molar-refractivity contribution < 1.29 is 23.9 Å². The van der Waals surface area contributed by atoms with Crippen LogP contribution in [0.1, 0.15) is 12.8 Å². The first-order chi connectivity index (χ1) is 13.4. The molecule has 9 heteroatoms. The Bertz CT molecular complexity index is 873. The van der Waals surface area contributed by atoms with Crippen LogP contribution in [-0.2, 0) is 19.1 Å². The maximum Gasteiger partial charge on any atom is 0.306 e. The third kappa shape index (κ3) is 7.09. The summed E-state index contributed by atoms with van der Waals surface area (Å²) in [5.41, 5.74) is 0.887. The van der Waals surface area contributed by atoms with Crippen LogP contribution in [-0.4, -0.2) is 31.5 Å². The van der Waals surface area contributed by atoms with E-state index in [1.807, 2.05) is 0 Å². The molecule has 2 amide bonds. The van der Waals surface area contributed by atoms with Crippen LogP contribution >= 0.6 is 23.2 Å². The maximum atomic E-state index is 11.9. The van der Waals surface area contributed by atoms with Gasteiger partial charge in [0.1, 0.15) is 5.75 Å². The molecule has 0 fully saturated rings. The lowest BCUT2D eigenvalue weighted by molar-refractivity contribution is -0.147. The van der Waals surface area contributed by atoms with E-state index in [4.69, 9.17) is 32.7 Å². The molecular weight excluding hydrogens is 407 g/mol. The van der Waals surface area contributed by atoms with Crippen LogP contribution in [0.3, 0.4) is 0 Å². The molecule has 0 aromatic heterocycles. The number of anilines is 2.